The van der Waals surface area contributed by atoms with Crippen LogP contribution in [0, 0.1) is 13.8 Å². The van der Waals surface area contributed by atoms with E-state index in [1.165, 1.54) is 11.5 Å². The molecule has 0 aliphatic heterocycles. The number of allylic oxidation sites excluding steroid dienone is 1. The molecule has 0 saturated heterocycles. The second kappa shape index (κ2) is 5.16. The van der Waals surface area contributed by atoms with Crippen molar-refractivity contribution in [1.29, 1.82) is 0 Å². The van der Waals surface area contributed by atoms with Crippen LogP contribution in [0.1, 0.15) is 26.6 Å². The number of aromatic nitrogens is 3. The van der Waals surface area contributed by atoms with E-state index in [4.69, 9.17) is 0 Å². The molecular formula is C12H12BrN3OS. The van der Waals surface area contributed by atoms with Crippen LogP contribution >= 0.6 is 27.5 Å². The molecule has 18 heavy (non-hydrogen) atoms. The van der Waals surface area contributed by atoms with E-state index in [-0.39, 0.29) is 5.78 Å². The topological polar surface area (TPSA) is 47.8 Å². The molecule has 2 heterocycles. The Kier molecular flexibility index (Phi) is 3.77. The average molecular weight is 326 g/mol. The van der Waals surface area contributed by atoms with Gasteiger partial charge in [0, 0.05) is 12.7 Å². The van der Waals surface area contributed by atoms with Crippen LogP contribution < -0.4 is 0 Å². The number of rotatable bonds is 3. The molecule has 2 aromatic rings. The standard InChI is InChI=1S/C12H12BrN3OS/c1-7-12(8(2)16(3)15-7)10(17)4-5-11-9(13)6-14-18-11/h4-6H,1-3H3/b5-4+. The van der Waals surface area contributed by atoms with Crippen molar-refractivity contribution in [2.24, 2.45) is 7.05 Å². The van der Waals surface area contributed by atoms with Crippen molar-refractivity contribution >= 4 is 39.3 Å². The second-order valence-corrected chi connectivity index (χ2v) is 5.59. The first-order chi connectivity index (χ1) is 8.50. The van der Waals surface area contributed by atoms with Crippen molar-refractivity contribution in [3.8, 4) is 0 Å². The van der Waals surface area contributed by atoms with Crippen LogP contribution in [0.5, 0.6) is 0 Å². The predicted octanol–water partition coefficient (Wildman–Crippen LogP) is 3.15. The van der Waals surface area contributed by atoms with E-state index in [9.17, 15) is 4.79 Å². The minimum atomic E-state index is -0.0293. The summed E-state index contributed by atoms with van der Waals surface area (Å²) >= 11 is 4.72. The van der Waals surface area contributed by atoms with Crippen LogP contribution in [0.2, 0.25) is 0 Å². The highest BCUT2D eigenvalue weighted by molar-refractivity contribution is 9.10. The first-order valence-electron chi connectivity index (χ1n) is 5.33. The Morgan fingerprint density at radius 2 is 2.22 bits per heavy atom. The van der Waals surface area contributed by atoms with Crippen LogP contribution in [0.4, 0.5) is 0 Å². The predicted molar refractivity (Wildman–Crippen MR) is 75.9 cm³/mol. The van der Waals surface area contributed by atoms with Crippen LogP contribution in [0.15, 0.2) is 16.7 Å². The number of hydrogen-bond acceptors (Lipinski definition) is 4. The monoisotopic (exact) mass is 325 g/mol. The zero-order chi connectivity index (χ0) is 13.3. The molecule has 94 valence electrons. The van der Waals surface area contributed by atoms with Gasteiger partial charge in [0.05, 0.1) is 26.8 Å². The van der Waals surface area contributed by atoms with Gasteiger partial charge in [-0.05, 0) is 53.5 Å². The summed E-state index contributed by atoms with van der Waals surface area (Å²) in [5.74, 6) is -0.0293. The molecule has 4 nitrogen and oxygen atoms in total. The van der Waals surface area contributed by atoms with Gasteiger partial charge in [-0.3, -0.25) is 9.48 Å². The third-order valence-corrected chi connectivity index (χ3v) is 4.35. The van der Waals surface area contributed by atoms with Crippen molar-refractivity contribution in [2.75, 3.05) is 0 Å². The molecule has 0 N–H and O–H groups in total. The van der Waals surface area contributed by atoms with Crippen LogP contribution in [-0.4, -0.2) is 19.9 Å². The van der Waals surface area contributed by atoms with E-state index >= 15 is 0 Å². The maximum absolute atomic E-state index is 12.1. The normalized spacial score (nSPS) is 11.3. The molecule has 0 radical (unpaired) electrons. The van der Waals surface area contributed by atoms with Crippen LogP contribution in [0.3, 0.4) is 0 Å². The molecule has 0 saturated carbocycles. The van der Waals surface area contributed by atoms with Crippen molar-refractivity contribution in [3.63, 3.8) is 0 Å². The molecule has 0 atom stereocenters. The van der Waals surface area contributed by atoms with Gasteiger partial charge < -0.3 is 0 Å². The summed E-state index contributed by atoms with van der Waals surface area (Å²) < 4.78 is 6.65. The van der Waals surface area contributed by atoms with Crippen LogP contribution in [-0.2, 0) is 7.05 Å². The third-order valence-electron chi connectivity index (χ3n) is 2.69. The Bertz CT molecular complexity index is 627. The highest BCUT2D eigenvalue weighted by atomic mass is 79.9. The highest BCUT2D eigenvalue weighted by Crippen LogP contribution is 2.22. The lowest BCUT2D eigenvalue weighted by Crippen LogP contribution is -1.99. The van der Waals surface area contributed by atoms with Gasteiger partial charge in [-0.1, -0.05) is 0 Å². The van der Waals surface area contributed by atoms with Gasteiger partial charge in [-0.2, -0.15) is 9.47 Å². The molecule has 0 fully saturated rings. The Labute approximate surface area is 118 Å². The molecule has 6 heteroatoms. The summed E-state index contributed by atoms with van der Waals surface area (Å²) in [5, 5.41) is 4.24. The van der Waals surface area contributed by atoms with Gasteiger partial charge in [0.2, 0.25) is 0 Å². The van der Waals surface area contributed by atoms with Gasteiger partial charge >= 0.3 is 0 Å². The van der Waals surface area contributed by atoms with Crippen LogP contribution in [0.25, 0.3) is 6.08 Å². The summed E-state index contributed by atoms with van der Waals surface area (Å²) in [6, 6.07) is 0. The smallest absolute Gasteiger partial charge is 0.189 e. The Morgan fingerprint density at radius 3 is 2.72 bits per heavy atom. The number of carbonyl (C=O) groups is 1. The van der Waals surface area contributed by atoms with Crippen molar-refractivity contribution in [3.05, 3.63) is 38.6 Å². The minimum Gasteiger partial charge on any atom is -0.289 e. The van der Waals surface area contributed by atoms with E-state index in [1.54, 1.807) is 23.0 Å². The SMILES string of the molecule is Cc1nn(C)c(C)c1C(=O)/C=C/c1sncc1Br. The minimum absolute atomic E-state index is 0.0293. The second-order valence-electron chi connectivity index (χ2n) is 3.90. The Balaban J connectivity index is 2.28. The largest absolute Gasteiger partial charge is 0.289 e. The number of ketones is 1. The van der Waals surface area contributed by atoms with E-state index in [0.29, 0.717) is 5.56 Å². The molecule has 2 rings (SSSR count). The van der Waals surface area contributed by atoms with E-state index in [2.05, 4.69) is 25.4 Å². The molecular weight excluding hydrogens is 314 g/mol. The molecule has 0 aliphatic carbocycles. The summed E-state index contributed by atoms with van der Waals surface area (Å²) in [4.78, 5) is 13.1. The fourth-order valence-corrected chi connectivity index (χ4v) is 2.84. The lowest BCUT2D eigenvalue weighted by atomic mass is 10.1. The maximum Gasteiger partial charge on any atom is 0.189 e. The number of aryl methyl sites for hydroxylation is 2. The number of nitrogens with zero attached hydrogens (tertiary/aromatic N) is 3. The summed E-state index contributed by atoms with van der Waals surface area (Å²) in [5.41, 5.74) is 2.31. The van der Waals surface area contributed by atoms with Gasteiger partial charge in [0.25, 0.3) is 0 Å². The van der Waals surface area contributed by atoms with Gasteiger partial charge in [0.15, 0.2) is 5.78 Å². The molecule has 2 aromatic heterocycles. The van der Waals surface area contributed by atoms with E-state index < -0.39 is 0 Å². The third kappa shape index (κ3) is 2.44. The fourth-order valence-electron chi connectivity index (χ4n) is 1.71. The molecule has 0 bridgehead atoms. The zero-order valence-corrected chi connectivity index (χ0v) is 12.7. The van der Waals surface area contributed by atoms with Crippen molar-refractivity contribution < 1.29 is 4.79 Å². The van der Waals surface area contributed by atoms with Gasteiger partial charge in [-0.15, -0.1) is 0 Å². The number of carbonyl (C=O) groups excluding carboxylic acids is 1. The summed E-state index contributed by atoms with van der Waals surface area (Å²) in [7, 11) is 1.84. The van der Waals surface area contributed by atoms with Crippen molar-refractivity contribution in [2.45, 2.75) is 13.8 Å². The lowest BCUT2D eigenvalue weighted by molar-refractivity contribution is 0.104. The fraction of sp³-hybridized carbons (Fsp3) is 0.250. The molecule has 0 amide bonds. The van der Waals surface area contributed by atoms with Gasteiger partial charge in [-0.25, -0.2) is 0 Å². The lowest BCUT2D eigenvalue weighted by Gasteiger charge is -1.96. The first kappa shape index (κ1) is 13.2. The first-order valence-corrected chi connectivity index (χ1v) is 6.90. The number of hydrogen-bond donors (Lipinski definition) is 0. The average Bonchev–Trinajstić information content (AvgIpc) is 2.81. The summed E-state index contributed by atoms with van der Waals surface area (Å²) in [6.45, 7) is 3.74. The highest BCUT2D eigenvalue weighted by Gasteiger charge is 2.14. The molecule has 0 spiro atoms. The zero-order valence-electron chi connectivity index (χ0n) is 10.3. The quantitative estimate of drug-likeness (QED) is 0.643. The van der Waals surface area contributed by atoms with E-state index in [0.717, 1.165) is 20.7 Å². The molecule has 0 unspecified atom stereocenters. The van der Waals surface area contributed by atoms with Crippen molar-refractivity contribution in [1.82, 2.24) is 14.2 Å². The molecule has 0 aliphatic rings. The Morgan fingerprint density at radius 1 is 1.50 bits per heavy atom. The number of halogens is 1. The summed E-state index contributed by atoms with van der Waals surface area (Å²) in [6.07, 6.45) is 5.06. The molecule has 0 aromatic carbocycles. The Hall–Kier alpha value is -1.27. The van der Waals surface area contributed by atoms with Gasteiger partial charge in [0.1, 0.15) is 0 Å². The van der Waals surface area contributed by atoms with E-state index in [1.807, 2.05) is 20.9 Å². The maximum atomic E-state index is 12.1.